The number of hydrogen-bond acceptors (Lipinski definition) is 0. The van der Waals surface area contributed by atoms with Crippen molar-refractivity contribution in [3.8, 4) is 33.4 Å². The first kappa shape index (κ1) is 45.8. The number of fused-ring (bicyclic) bond motifs is 5. The number of rotatable bonds is 3. The number of hydrogen-bond donors (Lipinski definition) is 0. The van der Waals surface area contributed by atoms with Gasteiger partial charge in [-0.05, 0) is 87.2 Å². The van der Waals surface area contributed by atoms with E-state index in [1.165, 1.54) is 202 Å². The highest BCUT2D eigenvalue weighted by atomic mass is 14.3. The molecule has 9 rings (SSSR count). The minimum atomic E-state index is 1.28. The van der Waals surface area contributed by atoms with Crippen molar-refractivity contribution in [2.45, 2.75) is 0 Å². The molecule has 65 heavy (non-hydrogen) atoms. The molecule has 0 aliphatic rings. The van der Waals surface area contributed by atoms with Crippen LogP contribution in [-0.2, 0) is 0 Å². The molecule has 9 aromatic carbocycles. The van der Waals surface area contributed by atoms with E-state index in [2.05, 4.69) is 207 Å². The fraction of sp³-hybridized carbons (Fsp3) is 0. The summed E-state index contributed by atoms with van der Waals surface area (Å²) in [6, 6.07) is 15.9. The Morgan fingerprint density at radius 3 is 0.892 bits per heavy atom. The summed E-state index contributed by atoms with van der Waals surface area (Å²) in [6.07, 6.45) is 0. The Hall–Kier alpha value is -4.36. The van der Waals surface area contributed by atoms with E-state index in [0.717, 1.165) is 0 Å². The molecule has 0 spiro atoms. The molecule has 0 aromatic heterocycles. The van der Waals surface area contributed by atoms with Gasteiger partial charge in [0.25, 0.3) is 0 Å². The molecule has 0 nitrogen and oxygen atoms in total. The third-order valence-corrected chi connectivity index (χ3v) is 18.1. The highest BCUT2D eigenvalue weighted by Crippen LogP contribution is 2.42. The van der Waals surface area contributed by atoms with Gasteiger partial charge in [0.1, 0.15) is 165 Å². The second-order valence-corrected chi connectivity index (χ2v) is 20.5. The van der Waals surface area contributed by atoms with Crippen molar-refractivity contribution in [1.82, 2.24) is 0 Å². The summed E-state index contributed by atoms with van der Waals surface area (Å²) in [5.41, 5.74) is 37.8. The van der Waals surface area contributed by atoms with Gasteiger partial charge in [-0.15, -0.1) is 38.2 Å². The molecule has 0 heterocycles. The van der Waals surface area contributed by atoms with Crippen molar-refractivity contribution in [2.75, 3.05) is 0 Å². The largest absolute Gasteiger partial charge is 0.140 e. The Labute approximate surface area is 406 Å². The summed E-state index contributed by atoms with van der Waals surface area (Å²) in [4.78, 5) is 0. The second kappa shape index (κ2) is 15.9. The van der Waals surface area contributed by atoms with Gasteiger partial charge in [-0.25, -0.2) is 0 Å². The van der Waals surface area contributed by atoms with Crippen LogP contribution in [0.3, 0.4) is 0 Å². The van der Waals surface area contributed by atoms with Crippen molar-refractivity contribution < 1.29 is 0 Å². The van der Waals surface area contributed by atoms with Gasteiger partial charge in [-0.1, -0.05) is 119 Å². The first-order valence-corrected chi connectivity index (χ1v) is 24.1. The maximum atomic E-state index is 2.45. The highest BCUT2D eigenvalue weighted by Gasteiger charge is 2.30. The average molecular weight is 805 g/mol. The third-order valence-electron chi connectivity index (χ3n) is 18.1. The Bertz CT molecular complexity index is 3630. The molecule has 288 valence electrons. The maximum absolute atomic E-state index is 2.45. The van der Waals surface area contributed by atoms with Crippen molar-refractivity contribution in [3.05, 3.63) is 42.5 Å². The molecule has 0 saturated carbocycles. The van der Waals surface area contributed by atoms with Crippen molar-refractivity contribution in [2.24, 2.45) is 0 Å². The lowest BCUT2D eigenvalue weighted by Gasteiger charge is -2.32. The fourth-order valence-electron chi connectivity index (χ4n) is 13.0. The quantitative estimate of drug-likeness (QED) is 0.123. The second-order valence-electron chi connectivity index (χ2n) is 20.5. The third kappa shape index (κ3) is 6.07. The van der Waals surface area contributed by atoms with E-state index in [9.17, 15) is 0 Å². The van der Waals surface area contributed by atoms with Crippen LogP contribution in [0, 0.1) is 0 Å². The minimum Gasteiger partial charge on any atom is -0.101 e. The van der Waals surface area contributed by atoms with Crippen LogP contribution in [0.1, 0.15) is 0 Å². The molecule has 0 bridgehead atoms. The Kier molecular flexibility index (Phi) is 11.2. The monoisotopic (exact) mass is 809 g/mol. The molecule has 0 aliphatic carbocycles. The van der Waals surface area contributed by atoms with Crippen LogP contribution in [-0.4, -0.2) is 165 Å². The number of benzene rings is 9. The normalized spacial score (nSPS) is 11.8. The summed E-state index contributed by atoms with van der Waals surface area (Å²) in [7, 11) is 50.0. The molecular formula is C44H49B21. The molecule has 0 unspecified atom stereocenters. The predicted molar refractivity (Wildman–Crippen MR) is 362 cm³/mol. The van der Waals surface area contributed by atoms with Gasteiger partial charge >= 0.3 is 0 Å². The zero-order valence-corrected chi connectivity index (χ0v) is 43.5. The van der Waals surface area contributed by atoms with Gasteiger partial charge in [0.2, 0.25) is 0 Å². The first-order valence-electron chi connectivity index (χ1n) is 24.1. The smallest absolute Gasteiger partial charge is 0.101 e. The van der Waals surface area contributed by atoms with Gasteiger partial charge in [0, 0.05) is 0 Å². The lowest BCUT2D eigenvalue weighted by Crippen LogP contribution is -2.53. The van der Waals surface area contributed by atoms with Crippen LogP contribution in [0.15, 0.2) is 42.5 Å². The first-order chi connectivity index (χ1) is 30.6. The standard InChI is InChI=1S/C44H49B21/c45-24-19(32(53)34(55)23-22(24)35(56)33(54)20(25(23)46)17-18-21(36(57)38(59)30(17)51)37(58)44(65)43(64)31(18)52)12-15-13(26(47)39(60)41(62)28(15)49)11(10-7-3-5-8-4-1-2-6-9(8)10)14-16(12)29(50)42(63)40(61)27(14)48/h1-7H,45-65H2. The topological polar surface area (TPSA) is 0 Å². The van der Waals surface area contributed by atoms with Crippen LogP contribution in [0.25, 0.3) is 87.2 Å². The zero-order valence-electron chi connectivity index (χ0n) is 43.5. The van der Waals surface area contributed by atoms with Crippen LogP contribution in [0.5, 0.6) is 0 Å². The molecule has 0 saturated heterocycles. The molecule has 0 aliphatic heterocycles. The zero-order chi connectivity index (χ0) is 47.3. The van der Waals surface area contributed by atoms with Crippen LogP contribution < -0.4 is 115 Å². The van der Waals surface area contributed by atoms with E-state index in [4.69, 9.17) is 0 Å². The Morgan fingerprint density at radius 2 is 0.462 bits per heavy atom. The highest BCUT2D eigenvalue weighted by molar-refractivity contribution is 6.76. The average Bonchev–Trinajstić information content (AvgIpc) is 3.29. The fourth-order valence-corrected chi connectivity index (χ4v) is 13.0. The summed E-state index contributed by atoms with van der Waals surface area (Å²) in [6.45, 7) is 0. The van der Waals surface area contributed by atoms with Crippen LogP contribution >= 0.6 is 0 Å². The molecule has 0 fully saturated rings. The Morgan fingerprint density at radius 1 is 0.185 bits per heavy atom. The summed E-state index contributed by atoms with van der Waals surface area (Å²) in [5.74, 6) is 0. The van der Waals surface area contributed by atoms with E-state index < -0.39 is 0 Å². The van der Waals surface area contributed by atoms with E-state index in [1.54, 1.807) is 0 Å². The van der Waals surface area contributed by atoms with E-state index in [1.807, 2.05) is 0 Å². The van der Waals surface area contributed by atoms with E-state index >= 15 is 0 Å². The molecule has 0 atom stereocenters. The summed E-state index contributed by atoms with van der Waals surface area (Å²) < 4.78 is 0. The lowest BCUT2D eigenvalue weighted by molar-refractivity contribution is 1.73. The van der Waals surface area contributed by atoms with Crippen LogP contribution in [0.4, 0.5) is 0 Å². The van der Waals surface area contributed by atoms with Gasteiger partial charge in [0.15, 0.2) is 0 Å². The molecule has 0 N–H and O–H groups in total. The van der Waals surface area contributed by atoms with Crippen molar-refractivity contribution >= 4 is 333 Å². The molecule has 21 heteroatoms. The van der Waals surface area contributed by atoms with E-state index in [0.29, 0.717) is 0 Å². The lowest BCUT2D eigenvalue weighted by atomic mass is 9.55. The van der Waals surface area contributed by atoms with E-state index in [-0.39, 0.29) is 0 Å². The van der Waals surface area contributed by atoms with Gasteiger partial charge in [0.05, 0.1) is 0 Å². The van der Waals surface area contributed by atoms with Gasteiger partial charge in [-0.2, -0.15) is 0 Å². The maximum Gasteiger partial charge on any atom is 0.140 e. The van der Waals surface area contributed by atoms with Crippen LogP contribution in [0.2, 0.25) is 0 Å². The van der Waals surface area contributed by atoms with Gasteiger partial charge in [-0.3, -0.25) is 0 Å². The van der Waals surface area contributed by atoms with Gasteiger partial charge < -0.3 is 0 Å². The summed E-state index contributed by atoms with van der Waals surface area (Å²) in [5, 5.41) is 13.9. The molecular weight excluding hydrogens is 756 g/mol. The SMILES string of the molecule is Bc1c(-c2c3c(B)c(B)c(B)c(B)c3c(-c3cccc4ccccc34)c3c(B)c(B)c(B)c(B)c23)c(B)c2c(B)c(B)c(-c3c(B)c(B)c(B)c4c(B)c(B)c(B)c(B)c34)c(B)c2c1B. The summed E-state index contributed by atoms with van der Waals surface area (Å²) >= 11 is 0. The van der Waals surface area contributed by atoms with Crippen molar-refractivity contribution in [1.29, 1.82) is 0 Å². The molecule has 0 radical (unpaired) electrons. The van der Waals surface area contributed by atoms with Crippen molar-refractivity contribution in [3.63, 3.8) is 0 Å². The molecule has 0 amide bonds. The Balaban J connectivity index is 1.53. The minimum absolute atomic E-state index is 1.28. The molecule has 9 aromatic rings. The predicted octanol–water partition coefficient (Wildman–Crippen LogP) is -24.1.